The summed E-state index contributed by atoms with van der Waals surface area (Å²) in [7, 11) is 0. The molecule has 0 saturated carbocycles. The highest BCUT2D eigenvalue weighted by Gasteiger charge is 2.14. The van der Waals surface area contributed by atoms with Gasteiger partial charge in [0.15, 0.2) is 0 Å². The number of halogens is 2. The van der Waals surface area contributed by atoms with Crippen molar-refractivity contribution in [3.63, 3.8) is 0 Å². The Hall–Kier alpha value is -1.42. The van der Waals surface area contributed by atoms with Gasteiger partial charge in [0.05, 0.1) is 5.02 Å². The van der Waals surface area contributed by atoms with Gasteiger partial charge < -0.3 is 0 Å². The number of rotatable bonds is 5. The summed E-state index contributed by atoms with van der Waals surface area (Å²) in [5.74, 6) is 5.27. The van der Waals surface area contributed by atoms with Crippen molar-refractivity contribution in [2.45, 2.75) is 32.7 Å². The van der Waals surface area contributed by atoms with E-state index >= 15 is 0 Å². The van der Waals surface area contributed by atoms with Crippen molar-refractivity contribution in [3.8, 4) is 0 Å². The van der Waals surface area contributed by atoms with Crippen LogP contribution in [0.5, 0.6) is 0 Å². The summed E-state index contributed by atoms with van der Waals surface area (Å²) in [6, 6.07) is 11.2. The maximum Gasteiger partial charge on any atom is 0.142 e. The van der Waals surface area contributed by atoms with Gasteiger partial charge >= 0.3 is 0 Å². The van der Waals surface area contributed by atoms with Crippen LogP contribution >= 0.6 is 11.6 Å². The first-order chi connectivity index (χ1) is 10.0. The number of nitrogens with one attached hydrogen (secondary N) is 1. The van der Waals surface area contributed by atoms with Gasteiger partial charge in [-0.15, -0.1) is 0 Å². The third-order valence-electron chi connectivity index (χ3n) is 3.70. The standard InChI is InChI=1S/C17H20ClFN2/c1-11-6-7-12(2)14(8-11)10-15(21-20)9-13-4-3-5-16(19)17(13)18/h3-8,15,21H,9-10,20H2,1-2H3. The zero-order chi connectivity index (χ0) is 15.4. The minimum absolute atomic E-state index is 0.00444. The molecule has 2 rings (SSSR count). The lowest BCUT2D eigenvalue weighted by Gasteiger charge is -2.18. The Morgan fingerprint density at radius 2 is 1.86 bits per heavy atom. The lowest BCUT2D eigenvalue weighted by atomic mass is 9.95. The second-order valence-corrected chi connectivity index (χ2v) is 5.79. The van der Waals surface area contributed by atoms with Gasteiger partial charge in [0, 0.05) is 6.04 Å². The minimum Gasteiger partial charge on any atom is -0.271 e. The molecule has 4 heteroatoms. The molecule has 0 radical (unpaired) electrons. The number of aryl methyl sites for hydroxylation is 2. The molecule has 2 aromatic rings. The Labute approximate surface area is 130 Å². The van der Waals surface area contributed by atoms with E-state index in [0.29, 0.717) is 6.42 Å². The van der Waals surface area contributed by atoms with E-state index in [2.05, 4.69) is 37.5 Å². The van der Waals surface area contributed by atoms with Gasteiger partial charge in [-0.2, -0.15) is 0 Å². The monoisotopic (exact) mass is 306 g/mol. The third kappa shape index (κ3) is 4.03. The molecule has 21 heavy (non-hydrogen) atoms. The lowest BCUT2D eigenvalue weighted by Crippen LogP contribution is -2.38. The molecule has 0 bridgehead atoms. The molecule has 1 atom stereocenters. The Morgan fingerprint density at radius 3 is 2.57 bits per heavy atom. The smallest absolute Gasteiger partial charge is 0.142 e. The van der Waals surface area contributed by atoms with Crippen LogP contribution in [0, 0.1) is 19.7 Å². The summed E-state index contributed by atoms with van der Waals surface area (Å²) in [6.07, 6.45) is 1.36. The average molecular weight is 307 g/mol. The number of nitrogens with two attached hydrogens (primary N) is 1. The van der Waals surface area contributed by atoms with Gasteiger partial charge in [0.25, 0.3) is 0 Å². The molecular weight excluding hydrogens is 287 g/mol. The molecule has 0 saturated heterocycles. The lowest BCUT2D eigenvalue weighted by molar-refractivity contribution is 0.519. The van der Waals surface area contributed by atoms with Crippen molar-refractivity contribution in [1.82, 2.24) is 5.43 Å². The minimum atomic E-state index is -0.392. The number of hydrogen-bond acceptors (Lipinski definition) is 2. The third-order valence-corrected chi connectivity index (χ3v) is 4.13. The van der Waals surface area contributed by atoms with E-state index in [9.17, 15) is 4.39 Å². The highest BCUT2D eigenvalue weighted by Crippen LogP contribution is 2.22. The maximum atomic E-state index is 13.5. The SMILES string of the molecule is Cc1ccc(C)c(CC(Cc2cccc(F)c2Cl)NN)c1. The summed E-state index contributed by atoms with van der Waals surface area (Å²) in [6.45, 7) is 4.15. The first-order valence-corrected chi connectivity index (χ1v) is 7.34. The zero-order valence-electron chi connectivity index (χ0n) is 12.3. The largest absolute Gasteiger partial charge is 0.271 e. The molecule has 1 unspecified atom stereocenters. The Bertz CT molecular complexity index is 624. The quantitative estimate of drug-likeness (QED) is 0.653. The molecule has 112 valence electrons. The summed E-state index contributed by atoms with van der Waals surface area (Å²) in [5, 5.41) is 0.179. The second kappa shape index (κ2) is 7.03. The van der Waals surface area contributed by atoms with Crippen LogP contribution in [0.3, 0.4) is 0 Å². The van der Waals surface area contributed by atoms with Crippen LogP contribution in [0.1, 0.15) is 22.3 Å². The highest BCUT2D eigenvalue weighted by molar-refractivity contribution is 6.31. The van der Waals surface area contributed by atoms with Crippen molar-refractivity contribution >= 4 is 11.6 Å². The summed E-state index contributed by atoms with van der Waals surface area (Å²) >= 11 is 6.01. The van der Waals surface area contributed by atoms with E-state index in [-0.39, 0.29) is 11.1 Å². The number of benzene rings is 2. The molecule has 2 nitrogen and oxygen atoms in total. The van der Waals surface area contributed by atoms with Crippen LogP contribution in [0.2, 0.25) is 5.02 Å². The second-order valence-electron chi connectivity index (χ2n) is 5.41. The van der Waals surface area contributed by atoms with Crippen molar-refractivity contribution in [2.24, 2.45) is 5.84 Å². The molecule has 0 aliphatic rings. The normalized spacial score (nSPS) is 12.4. The van der Waals surface area contributed by atoms with Crippen LogP contribution in [0.4, 0.5) is 4.39 Å². The Kier molecular flexibility index (Phi) is 5.34. The van der Waals surface area contributed by atoms with Crippen LogP contribution in [-0.4, -0.2) is 6.04 Å². The van der Waals surface area contributed by atoms with Crippen LogP contribution in [-0.2, 0) is 12.8 Å². The molecule has 0 amide bonds. The van der Waals surface area contributed by atoms with Crippen molar-refractivity contribution in [1.29, 1.82) is 0 Å². The molecule has 2 aromatic carbocycles. The van der Waals surface area contributed by atoms with Gasteiger partial charge in [-0.25, -0.2) is 4.39 Å². The first kappa shape index (κ1) is 16.0. The molecule has 0 aliphatic heterocycles. The van der Waals surface area contributed by atoms with Crippen LogP contribution < -0.4 is 11.3 Å². The fraction of sp³-hybridized carbons (Fsp3) is 0.294. The predicted octanol–water partition coefficient (Wildman–Crippen LogP) is 3.71. The van der Waals surface area contributed by atoms with Gasteiger partial charge in [0.1, 0.15) is 5.82 Å². The summed E-state index contributed by atoms with van der Waals surface area (Å²) in [4.78, 5) is 0. The number of hydrazine groups is 1. The molecule has 0 fully saturated rings. The zero-order valence-corrected chi connectivity index (χ0v) is 13.0. The van der Waals surface area contributed by atoms with Crippen LogP contribution in [0.15, 0.2) is 36.4 Å². The van der Waals surface area contributed by atoms with E-state index in [1.54, 1.807) is 6.07 Å². The molecule has 0 spiro atoms. The van der Waals surface area contributed by atoms with Crippen LogP contribution in [0.25, 0.3) is 0 Å². The fourth-order valence-electron chi connectivity index (χ4n) is 2.45. The molecule has 3 N–H and O–H groups in total. The average Bonchev–Trinajstić information content (AvgIpc) is 2.46. The van der Waals surface area contributed by atoms with E-state index in [1.807, 2.05) is 6.07 Å². The molecule has 0 aliphatic carbocycles. The molecule has 0 aromatic heterocycles. The maximum absolute atomic E-state index is 13.5. The van der Waals surface area contributed by atoms with Gasteiger partial charge in [-0.05, 0) is 49.4 Å². The van der Waals surface area contributed by atoms with Crippen molar-refractivity contribution in [2.75, 3.05) is 0 Å². The van der Waals surface area contributed by atoms with Gasteiger partial charge in [-0.1, -0.05) is 47.5 Å². The first-order valence-electron chi connectivity index (χ1n) is 6.96. The highest BCUT2D eigenvalue weighted by atomic mass is 35.5. The summed E-state index contributed by atoms with van der Waals surface area (Å²) in [5.41, 5.74) is 7.27. The Balaban J connectivity index is 2.17. The molecular formula is C17H20ClFN2. The Morgan fingerprint density at radius 1 is 1.14 bits per heavy atom. The van der Waals surface area contributed by atoms with E-state index in [1.165, 1.54) is 22.8 Å². The van der Waals surface area contributed by atoms with E-state index < -0.39 is 5.82 Å². The van der Waals surface area contributed by atoms with Gasteiger partial charge in [0.2, 0.25) is 0 Å². The molecule has 0 heterocycles. The van der Waals surface area contributed by atoms with Crippen molar-refractivity contribution in [3.05, 3.63) is 69.5 Å². The van der Waals surface area contributed by atoms with E-state index in [4.69, 9.17) is 17.4 Å². The number of hydrogen-bond donors (Lipinski definition) is 2. The fourth-order valence-corrected chi connectivity index (χ4v) is 2.65. The van der Waals surface area contributed by atoms with Gasteiger partial charge in [-0.3, -0.25) is 11.3 Å². The predicted molar refractivity (Wildman–Crippen MR) is 85.8 cm³/mol. The topological polar surface area (TPSA) is 38.0 Å². The van der Waals surface area contributed by atoms with E-state index in [0.717, 1.165) is 12.0 Å². The summed E-state index contributed by atoms with van der Waals surface area (Å²) < 4.78 is 13.5. The van der Waals surface area contributed by atoms with Crippen molar-refractivity contribution < 1.29 is 4.39 Å².